The number of ether oxygens (including phenoxy) is 1. The first-order valence-electron chi connectivity index (χ1n) is 6.91. The van der Waals surface area contributed by atoms with Crippen molar-refractivity contribution in [1.29, 1.82) is 0 Å². The Morgan fingerprint density at radius 3 is 2.64 bits per heavy atom. The average molecular weight is 313 g/mol. The highest BCUT2D eigenvalue weighted by Gasteiger charge is 2.43. The number of nitrogens with zero attached hydrogens (tertiary/aromatic N) is 2. The van der Waals surface area contributed by atoms with Gasteiger partial charge in [0.05, 0.1) is 6.61 Å². The fraction of sp³-hybridized carbons (Fsp3) is 0.615. The Balaban J connectivity index is 2.40. The van der Waals surface area contributed by atoms with Gasteiger partial charge >= 0.3 is 5.69 Å². The molecule has 1 amide bonds. The summed E-state index contributed by atoms with van der Waals surface area (Å²) < 4.78 is 6.36. The van der Waals surface area contributed by atoms with Gasteiger partial charge in [0.15, 0.2) is 6.23 Å². The number of nitrogens with one attached hydrogen (secondary N) is 1. The van der Waals surface area contributed by atoms with Crippen molar-refractivity contribution < 1.29 is 24.9 Å². The molecule has 2 heterocycles. The summed E-state index contributed by atoms with van der Waals surface area (Å²) in [4.78, 5) is 27.0. The molecule has 0 bridgehead atoms. The molecule has 122 valence electrons. The van der Waals surface area contributed by atoms with E-state index < -0.39 is 36.8 Å². The Hall–Kier alpha value is -1.81. The molecule has 9 heteroatoms. The summed E-state index contributed by atoms with van der Waals surface area (Å²) in [5, 5.41) is 31.3. The van der Waals surface area contributed by atoms with Gasteiger partial charge in [0.2, 0.25) is 5.91 Å². The zero-order valence-corrected chi connectivity index (χ0v) is 12.3. The van der Waals surface area contributed by atoms with Crippen LogP contribution in [0.15, 0.2) is 11.0 Å². The Morgan fingerprint density at radius 1 is 1.45 bits per heavy atom. The van der Waals surface area contributed by atoms with Crippen LogP contribution in [0.5, 0.6) is 0 Å². The number of aryl methyl sites for hydroxylation is 1. The maximum atomic E-state index is 12.1. The Bertz CT molecular complexity index is 616. The number of aromatic nitrogens is 2. The highest BCUT2D eigenvalue weighted by atomic mass is 16.6. The first-order valence-corrected chi connectivity index (χ1v) is 6.91. The van der Waals surface area contributed by atoms with E-state index in [2.05, 4.69) is 10.3 Å². The van der Waals surface area contributed by atoms with Gasteiger partial charge in [0.25, 0.3) is 0 Å². The van der Waals surface area contributed by atoms with Crippen LogP contribution in [0, 0.1) is 0 Å². The van der Waals surface area contributed by atoms with Crippen LogP contribution in [0.2, 0.25) is 0 Å². The summed E-state index contributed by atoms with van der Waals surface area (Å²) in [5.74, 6) is -0.199. The predicted molar refractivity (Wildman–Crippen MR) is 75.2 cm³/mol. The van der Waals surface area contributed by atoms with Crippen LogP contribution in [0.25, 0.3) is 0 Å². The number of amides is 1. The number of aliphatic hydroxyl groups is 3. The SMILES string of the molecule is CCc1cn([C@@H]2O[C@H](CO)[C@@H](O)[C@H]2O)c(=O)nc1NC(C)=O. The van der Waals surface area contributed by atoms with E-state index in [1.807, 2.05) is 6.92 Å². The molecule has 0 aliphatic carbocycles. The van der Waals surface area contributed by atoms with Gasteiger partial charge in [-0.2, -0.15) is 4.98 Å². The highest BCUT2D eigenvalue weighted by molar-refractivity contribution is 5.88. The molecule has 0 radical (unpaired) electrons. The smallest absolute Gasteiger partial charge is 0.351 e. The van der Waals surface area contributed by atoms with E-state index in [0.717, 1.165) is 4.57 Å². The van der Waals surface area contributed by atoms with Crippen molar-refractivity contribution in [2.45, 2.75) is 44.8 Å². The molecular formula is C13H19N3O6. The lowest BCUT2D eigenvalue weighted by Crippen LogP contribution is -2.36. The molecule has 0 saturated carbocycles. The Labute approximate surface area is 126 Å². The molecule has 22 heavy (non-hydrogen) atoms. The fourth-order valence-electron chi connectivity index (χ4n) is 2.34. The molecule has 9 nitrogen and oxygen atoms in total. The van der Waals surface area contributed by atoms with Gasteiger partial charge in [0.1, 0.15) is 24.1 Å². The summed E-state index contributed by atoms with van der Waals surface area (Å²) in [6.07, 6.45) is -2.90. The first kappa shape index (κ1) is 16.6. The van der Waals surface area contributed by atoms with Gasteiger partial charge in [-0.25, -0.2) is 4.79 Å². The summed E-state index contributed by atoms with van der Waals surface area (Å²) in [6.45, 7) is 2.63. The van der Waals surface area contributed by atoms with Crippen molar-refractivity contribution in [3.8, 4) is 0 Å². The van der Waals surface area contributed by atoms with E-state index in [9.17, 15) is 19.8 Å². The monoisotopic (exact) mass is 313 g/mol. The van der Waals surface area contributed by atoms with Crippen molar-refractivity contribution >= 4 is 11.7 Å². The summed E-state index contributed by atoms with van der Waals surface area (Å²) in [5.41, 5.74) is -0.164. The third-order valence-electron chi connectivity index (χ3n) is 3.49. The van der Waals surface area contributed by atoms with Gasteiger partial charge in [0, 0.05) is 18.7 Å². The standard InChI is InChI=1S/C13H19N3O6/c1-3-7-4-16(13(21)15-11(7)14-6(2)18)12-10(20)9(19)8(5-17)22-12/h4,8-10,12,17,19-20H,3,5H2,1-2H3,(H,14,15,18,21)/t8-,9-,10-,12-/m1/s1. The van der Waals surface area contributed by atoms with Crippen molar-refractivity contribution in [1.82, 2.24) is 9.55 Å². The van der Waals surface area contributed by atoms with E-state index in [0.29, 0.717) is 12.0 Å². The van der Waals surface area contributed by atoms with Crippen LogP contribution < -0.4 is 11.0 Å². The largest absolute Gasteiger partial charge is 0.394 e. The molecule has 1 saturated heterocycles. The third kappa shape index (κ3) is 3.02. The third-order valence-corrected chi connectivity index (χ3v) is 3.49. The van der Waals surface area contributed by atoms with E-state index in [1.165, 1.54) is 13.1 Å². The Morgan fingerprint density at radius 2 is 2.14 bits per heavy atom. The molecule has 0 spiro atoms. The summed E-state index contributed by atoms with van der Waals surface area (Å²) in [7, 11) is 0. The van der Waals surface area contributed by atoms with Crippen LogP contribution in [0.3, 0.4) is 0 Å². The van der Waals surface area contributed by atoms with Crippen LogP contribution in [0.4, 0.5) is 5.82 Å². The molecule has 0 unspecified atom stereocenters. The molecule has 4 atom stereocenters. The van der Waals surface area contributed by atoms with Crippen LogP contribution in [-0.2, 0) is 16.0 Å². The predicted octanol–water partition coefficient (Wildman–Crippen LogP) is -1.62. The van der Waals surface area contributed by atoms with E-state index in [-0.39, 0.29) is 11.7 Å². The second-order valence-electron chi connectivity index (χ2n) is 5.07. The lowest BCUT2D eigenvalue weighted by Gasteiger charge is -2.19. The molecule has 4 N–H and O–H groups in total. The normalized spacial score (nSPS) is 27.9. The molecule has 1 aromatic heterocycles. The molecule has 1 aliphatic heterocycles. The second kappa shape index (κ2) is 6.53. The van der Waals surface area contributed by atoms with E-state index in [4.69, 9.17) is 9.84 Å². The van der Waals surface area contributed by atoms with Crippen molar-refractivity contribution in [3.05, 3.63) is 22.2 Å². The maximum Gasteiger partial charge on any atom is 0.351 e. The van der Waals surface area contributed by atoms with Gasteiger partial charge in [-0.1, -0.05) is 6.92 Å². The van der Waals surface area contributed by atoms with Gasteiger partial charge in [-0.15, -0.1) is 0 Å². The topological polar surface area (TPSA) is 134 Å². The zero-order chi connectivity index (χ0) is 16.4. The van der Waals surface area contributed by atoms with Gasteiger partial charge in [-0.05, 0) is 6.42 Å². The fourth-order valence-corrected chi connectivity index (χ4v) is 2.34. The summed E-state index contributed by atoms with van der Waals surface area (Å²) in [6, 6.07) is 0. The number of carbonyl (C=O) groups is 1. The van der Waals surface area contributed by atoms with E-state index >= 15 is 0 Å². The Kier molecular flexibility index (Phi) is 4.91. The van der Waals surface area contributed by atoms with Crippen LogP contribution >= 0.6 is 0 Å². The summed E-state index contributed by atoms with van der Waals surface area (Å²) >= 11 is 0. The minimum Gasteiger partial charge on any atom is -0.394 e. The van der Waals surface area contributed by atoms with Crippen LogP contribution in [-0.4, -0.2) is 55.7 Å². The molecular weight excluding hydrogens is 294 g/mol. The van der Waals surface area contributed by atoms with Crippen molar-refractivity contribution in [2.24, 2.45) is 0 Å². The zero-order valence-electron chi connectivity index (χ0n) is 12.3. The van der Waals surface area contributed by atoms with Crippen molar-refractivity contribution in [2.75, 3.05) is 11.9 Å². The molecule has 1 fully saturated rings. The number of hydrogen-bond acceptors (Lipinski definition) is 7. The lowest BCUT2D eigenvalue weighted by atomic mass is 10.1. The number of anilines is 1. The average Bonchev–Trinajstić information content (AvgIpc) is 2.75. The number of carbonyl (C=O) groups excluding carboxylic acids is 1. The number of aliphatic hydroxyl groups excluding tert-OH is 3. The molecule has 0 aromatic carbocycles. The first-order chi connectivity index (χ1) is 10.4. The second-order valence-corrected chi connectivity index (χ2v) is 5.07. The van der Waals surface area contributed by atoms with Crippen LogP contribution in [0.1, 0.15) is 25.6 Å². The van der Waals surface area contributed by atoms with Gasteiger partial charge in [-0.3, -0.25) is 9.36 Å². The molecule has 2 rings (SSSR count). The quantitative estimate of drug-likeness (QED) is 0.524. The maximum absolute atomic E-state index is 12.1. The number of rotatable bonds is 4. The minimum atomic E-state index is -1.37. The number of hydrogen-bond donors (Lipinski definition) is 4. The van der Waals surface area contributed by atoms with Gasteiger partial charge < -0.3 is 25.4 Å². The lowest BCUT2D eigenvalue weighted by molar-refractivity contribution is -0.114. The van der Waals surface area contributed by atoms with E-state index in [1.54, 1.807) is 0 Å². The van der Waals surface area contributed by atoms with Crippen molar-refractivity contribution in [3.63, 3.8) is 0 Å². The molecule has 1 aromatic rings. The highest BCUT2D eigenvalue weighted by Crippen LogP contribution is 2.28. The molecule has 1 aliphatic rings. The minimum absolute atomic E-state index is 0.156.